The van der Waals surface area contributed by atoms with Crippen molar-refractivity contribution >= 4 is 22.6 Å². The molecule has 1 atom stereocenters. The van der Waals surface area contributed by atoms with Gasteiger partial charge in [0.25, 0.3) is 5.91 Å². The third-order valence-electron chi connectivity index (χ3n) is 4.78. The van der Waals surface area contributed by atoms with E-state index >= 15 is 0 Å². The van der Waals surface area contributed by atoms with Crippen LogP contribution < -0.4 is 15.6 Å². The number of aromatic hydroxyl groups is 1. The van der Waals surface area contributed by atoms with Crippen molar-refractivity contribution in [1.29, 1.82) is 0 Å². The maximum Gasteiger partial charge on any atom is 0.256 e. The Labute approximate surface area is 167 Å². The molecule has 7 heteroatoms. The highest BCUT2D eigenvalue weighted by molar-refractivity contribution is 5.96. The van der Waals surface area contributed by atoms with Gasteiger partial charge in [-0.2, -0.15) is 0 Å². The van der Waals surface area contributed by atoms with Gasteiger partial charge in [-0.3, -0.25) is 4.79 Å². The SMILES string of the molecule is COc1cccc(N=c2oc3cc(O)ccc3cc2C(=O)NCC2CCCO2)c1. The average Bonchev–Trinajstić information content (AvgIpc) is 3.25. The minimum Gasteiger partial charge on any atom is -0.508 e. The summed E-state index contributed by atoms with van der Waals surface area (Å²) in [7, 11) is 1.58. The van der Waals surface area contributed by atoms with Crippen LogP contribution in [0.5, 0.6) is 11.5 Å². The molecule has 0 aliphatic carbocycles. The molecule has 1 saturated heterocycles. The fourth-order valence-electron chi connectivity index (χ4n) is 3.26. The highest BCUT2D eigenvalue weighted by Gasteiger charge is 2.18. The lowest BCUT2D eigenvalue weighted by molar-refractivity contribution is 0.0854. The lowest BCUT2D eigenvalue weighted by Gasteiger charge is -2.11. The zero-order chi connectivity index (χ0) is 20.2. The predicted molar refractivity (Wildman–Crippen MR) is 107 cm³/mol. The van der Waals surface area contributed by atoms with Crippen molar-refractivity contribution in [2.45, 2.75) is 18.9 Å². The first kappa shape index (κ1) is 19.0. The molecule has 1 amide bonds. The summed E-state index contributed by atoms with van der Waals surface area (Å²) in [5.74, 6) is 0.430. The number of hydrogen-bond acceptors (Lipinski definition) is 6. The molecule has 1 aromatic heterocycles. The van der Waals surface area contributed by atoms with Crippen LogP contribution in [0.15, 0.2) is 57.9 Å². The van der Waals surface area contributed by atoms with Gasteiger partial charge in [-0.05, 0) is 43.2 Å². The van der Waals surface area contributed by atoms with Crippen molar-refractivity contribution in [3.05, 3.63) is 59.6 Å². The summed E-state index contributed by atoms with van der Waals surface area (Å²) in [6.45, 7) is 1.16. The number of ether oxygens (including phenoxy) is 2. The Hall–Kier alpha value is -3.32. The Bertz CT molecular complexity index is 1100. The first-order valence-electron chi connectivity index (χ1n) is 9.48. The van der Waals surface area contributed by atoms with E-state index in [1.807, 2.05) is 12.1 Å². The standard InChI is InChI=1S/C22H22N2O5/c1-27-17-5-2-4-15(11-17)24-22-19(21(26)23-13-18-6-3-9-28-18)10-14-7-8-16(25)12-20(14)29-22/h2,4-5,7-8,10-12,18,25H,3,6,9,13H2,1H3,(H,23,26). The summed E-state index contributed by atoms with van der Waals surface area (Å²) in [6, 6.07) is 13.6. The van der Waals surface area contributed by atoms with E-state index in [1.54, 1.807) is 37.4 Å². The van der Waals surface area contributed by atoms with Crippen molar-refractivity contribution in [3.8, 4) is 11.5 Å². The van der Waals surface area contributed by atoms with Gasteiger partial charge in [-0.15, -0.1) is 0 Å². The third kappa shape index (κ3) is 4.41. The normalized spacial score (nSPS) is 16.9. The van der Waals surface area contributed by atoms with Crippen LogP contribution in [-0.2, 0) is 4.74 Å². The number of phenolic OH excluding ortho intramolecular Hbond substituents is 1. The van der Waals surface area contributed by atoms with Gasteiger partial charge in [0.15, 0.2) is 0 Å². The van der Waals surface area contributed by atoms with Crippen LogP contribution in [0.2, 0.25) is 0 Å². The number of phenols is 1. The number of carbonyl (C=O) groups excluding carboxylic acids is 1. The van der Waals surface area contributed by atoms with E-state index in [4.69, 9.17) is 13.9 Å². The van der Waals surface area contributed by atoms with Crippen LogP contribution in [0.4, 0.5) is 5.69 Å². The van der Waals surface area contributed by atoms with Crippen LogP contribution in [0.25, 0.3) is 11.0 Å². The van der Waals surface area contributed by atoms with E-state index in [2.05, 4.69) is 10.3 Å². The van der Waals surface area contributed by atoms with E-state index in [9.17, 15) is 9.90 Å². The fraction of sp³-hybridized carbons (Fsp3) is 0.273. The Morgan fingerprint density at radius 1 is 1.28 bits per heavy atom. The zero-order valence-corrected chi connectivity index (χ0v) is 16.1. The molecule has 150 valence electrons. The summed E-state index contributed by atoms with van der Waals surface area (Å²) in [5.41, 5.74) is 1.48. The Kier molecular flexibility index (Phi) is 5.48. The maximum atomic E-state index is 12.9. The van der Waals surface area contributed by atoms with Crippen LogP contribution in [0, 0.1) is 0 Å². The molecule has 4 rings (SSSR count). The molecule has 29 heavy (non-hydrogen) atoms. The fourth-order valence-corrected chi connectivity index (χ4v) is 3.26. The third-order valence-corrected chi connectivity index (χ3v) is 4.78. The first-order valence-corrected chi connectivity index (χ1v) is 9.48. The zero-order valence-electron chi connectivity index (χ0n) is 16.1. The number of nitrogens with zero attached hydrogens (tertiary/aromatic N) is 1. The second-order valence-corrected chi connectivity index (χ2v) is 6.85. The monoisotopic (exact) mass is 394 g/mol. The molecule has 0 saturated carbocycles. The Morgan fingerprint density at radius 3 is 2.97 bits per heavy atom. The van der Waals surface area contributed by atoms with Crippen LogP contribution >= 0.6 is 0 Å². The smallest absolute Gasteiger partial charge is 0.256 e. The minimum absolute atomic E-state index is 0.0343. The number of benzene rings is 2. The highest BCUT2D eigenvalue weighted by atomic mass is 16.5. The molecule has 3 aromatic rings. The van der Waals surface area contributed by atoms with E-state index < -0.39 is 0 Å². The Balaban J connectivity index is 1.75. The second-order valence-electron chi connectivity index (χ2n) is 6.85. The van der Waals surface area contributed by atoms with Gasteiger partial charge >= 0.3 is 0 Å². The summed E-state index contributed by atoms with van der Waals surface area (Å²) < 4.78 is 16.7. The Morgan fingerprint density at radius 2 is 2.17 bits per heavy atom. The summed E-state index contributed by atoms with van der Waals surface area (Å²) >= 11 is 0. The molecule has 1 aliphatic heterocycles. The van der Waals surface area contributed by atoms with Gasteiger partial charge in [-0.1, -0.05) is 6.07 Å². The van der Waals surface area contributed by atoms with E-state index in [-0.39, 0.29) is 23.3 Å². The van der Waals surface area contributed by atoms with Gasteiger partial charge in [0.1, 0.15) is 22.6 Å². The van der Waals surface area contributed by atoms with Gasteiger partial charge < -0.3 is 24.3 Å². The molecule has 7 nitrogen and oxygen atoms in total. The highest BCUT2D eigenvalue weighted by Crippen LogP contribution is 2.22. The lowest BCUT2D eigenvalue weighted by Crippen LogP contribution is -2.34. The summed E-state index contributed by atoms with van der Waals surface area (Å²) in [6.07, 6.45) is 1.97. The average molecular weight is 394 g/mol. The number of carbonyl (C=O) groups is 1. The molecule has 2 aromatic carbocycles. The van der Waals surface area contributed by atoms with Crippen LogP contribution in [0.1, 0.15) is 23.2 Å². The number of nitrogens with one attached hydrogen (secondary N) is 1. The molecule has 1 aliphatic rings. The largest absolute Gasteiger partial charge is 0.508 e. The van der Waals surface area contributed by atoms with Gasteiger partial charge in [0.05, 0.1) is 18.9 Å². The summed E-state index contributed by atoms with van der Waals surface area (Å²) in [4.78, 5) is 17.4. The number of methoxy groups -OCH3 is 1. The predicted octanol–water partition coefficient (Wildman–Crippen LogP) is 3.29. The minimum atomic E-state index is -0.291. The molecular weight excluding hydrogens is 372 g/mol. The molecule has 0 bridgehead atoms. The van der Waals surface area contributed by atoms with Crippen molar-refractivity contribution < 1.29 is 23.8 Å². The van der Waals surface area contributed by atoms with Crippen molar-refractivity contribution in [3.63, 3.8) is 0 Å². The van der Waals surface area contributed by atoms with Gasteiger partial charge in [0.2, 0.25) is 5.55 Å². The van der Waals surface area contributed by atoms with Gasteiger partial charge in [-0.25, -0.2) is 4.99 Å². The van der Waals surface area contributed by atoms with Crippen molar-refractivity contribution in [2.75, 3.05) is 20.3 Å². The number of fused-ring (bicyclic) bond motifs is 1. The molecule has 2 heterocycles. The van der Waals surface area contributed by atoms with E-state index in [0.717, 1.165) is 19.4 Å². The molecule has 0 spiro atoms. The van der Waals surface area contributed by atoms with Crippen molar-refractivity contribution in [1.82, 2.24) is 5.32 Å². The molecule has 2 N–H and O–H groups in total. The molecule has 0 radical (unpaired) electrons. The number of hydrogen-bond donors (Lipinski definition) is 2. The molecule has 1 unspecified atom stereocenters. The second kappa shape index (κ2) is 8.36. The topological polar surface area (TPSA) is 93.3 Å². The van der Waals surface area contributed by atoms with Crippen molar-refractivity contribution in [2.24, 2.45) is 4.99 Å². The van der Waals surface area contributed by atoms with Crippen LogP contribution in [-0.4, -0.2) is 37.4 Å². The number of rotatable bonds is 5. The summed E-state index contributed by atoms with van der Waals surface area (Å²) in [5, 5.41) is 13.4. The van der Waals surface area contributed by atoms with E-state index in [1.165, 1.54) is 6.07 Å². The molecular formula is C22H22N2O5. The lowest BCUT2D eigenvalue weighted by atomic mass is 10.1. The molecule has 1 fully saturated rings. The quantitative estimate of drug-likeness (QED) is 0.693. The first-order chi connectivity index (χ1) is 14.1. The van der Waals surface area contributed by atoms with E-state index in [0.29, 0.717) is 34.5 Å². The van der Waals surface area contributed by atoms with Crippen LogP contribution in [0.3, 0.4) is 0 Å². The van der Waals surface area contributed by atoms with Gasteiger partial charge in [0, 0.05) is 30.7 Å². The number of amides is 1. The maximum absolute atomic E-state index is 12.9.